The monoisotopic (exact) mass is 385 g/mol. The average Bonchev–Trinajstić information content (AvgIpc) is 2.38. The first-order valence-electron chi connectivity index (χ1n) is 8.01. The molecule has 112 valence electrons. The van der Waals surface area contributed by atoms with Gasteiger partial charge in [-0.2, -0.15) is 0 Å². The molecule has 0 aliphatic heterocycles. The van der Waals surface area contributed by atoms with Crippen LogP contribution >= 0.6 is 22.6 Å². The summed E-state index contributed by atoms with van der Waals surface area (Å²) in [6, 6.07) is 7.29. The van der Waals surface area contributed by atoms with Gasteiger partial charge in [0, 0.05) is 9.61 Å². The molecule has 1 aromatic carbocycles. The molecule has 1 aliphatic rings. The maximum Gasteiger partial charge on any atom is 0.0359 e. The minimum atomic E-state index is 0.525. The van der Waals surface area contributed by atoms with Crippen LogP contribution in [0.2, 0.25) is 0 Å². The van der Waals surface area contributed by atoms with E-state index in [4.69, 9.17) is 0 Å². The number of hydrogen-bond acceptors (Lipinski definition) is 1. The van der Waals surface area contributed by atoms with E-state index in [1.165, 1.54) is 34.0 Å². The van der Waals surface area contributed by atoms with Crippen molar-refractivity contribution in [2.75, 3.05) is 6.54 Å². The second kappa shape index (κ2) is 7.26. The summed E-state index contributed by atoms with van der Waals surface area (Å²) in [5.41, 5.74) is 2.92. The van der Waals surface area contributed by atoms with Crippen molar-refractivity contribution in [2.45, 2.75) is 53.0 Å². The van der Waals surface area contributed by atoms with Crippen LogP contribution in [0.1, 0.15) is 57.2 Å². The van der Waals surface area contributed by atoms with Gasteiger partial charge in [-0.05, 0) is 84.2 Å². The topological polar surface area (TPSA) is 12.0 Å². The van der Waals surface area contributed by atoms with Crippen LogP contribution in [0.25, 0.3) is 0 Å². The Labute approximate surface area is 138 Å². The summed E-state index contributed by atoms with van der Waals surface area (Å²) in [5.74, 6) is 2.52. The van der Waals surface area contributed by atoms with Gasteiger partial charge in [-0.25, -0.2) is 0 Å². The number of nitrogens with one attached hydrogen (secondary N) is 1. The highest BCUT2D eigenvalue weighted by Crippen LogP contribution is 2.41. The lowest BCUT2D eigenvalue weighted by Crippen LogP contribution is -2.33. The molecule has 3 atom stereocenters. The van der Waals surface area contributed by atoms with Crippen LogP contribution < -0.4 is 5.32 Å². The summed E-state index contributed by atoms with van der Waals surface area (Å²) < 4.78 is 1.45. The molecule has 0 saturated heterocycles. The molecule has 0 heterocycles. The predicted octanol–water partition coefficient (Wildman–Crippen LogP) is 5.32. The van der Waals surface area contributed by atoms with Crippen LogP contribution in [0.3, 0.4) is 0 Å². The second-order valence-corrected chi connectivity index (χ2v) is 7.77. The third-order valence-electron chi connectivity index (χ3n) is 4.67. The van der Waals surface area contributed by atoms with Crippen LogP contribution in [-0.2, 0) is 0 Å². The van der Waals surface area contributed by atoms with Gasteiger partial charge in [0.25, 0.3) is 0 Å². The highest BCUT2D eigenvalue weighted by molar-refractivity contribution is 14.1. The molecule has 2 rings (SSSR count). The SMILES string of the molecule is CCNC(c1cccc(C)c1I)C1CC(C)CC(C)C1. The van der Waals surface area contributed by atoms with E-state index in [2.05, 4.69) is 73.8 Å². The van der Waals surface area contributed by atoms with Crippen molar-refractivity contribution in [1.29, 1.82) is 0 Å². The lowest BCUT2D eigenvalue weighted by atomic mass is 9.72. The van der Waals surface area contributed by atoms with E-state index in [1.807, 2.05) is 0 Å². The maximum absolute atomic E-state index is 3.77. The molecular weight excluding hydrogens is 357 g/mol. The van der Waals surface area contributed by atoms with Crippen molar-refractivity contribution in [2.24, 2.45) is 17.8 Å². The lowest BCUT2D eigenvalue weighted by molar-refractivity contribution is 0.177. The average molecular weight is 385 g/mol. The molecule has 1 aliphatic carbocycles. The van der Waals surface area contributed by atoms with E-state index < -0.39 is 0 Å². The van der Waals surface area contributed by atoms with E-state index in [1.54, 1.807) is 0 Å². The second-order valence-electron chi connectivity index (χ2n) is 6.69. The number of hydrogen-bond donors (Lipinski definition) is 1. The number of halogens is 1. The van der Waals surface area contributed by atoms with Crippen molar-refractivity contribution in [3.63, 3.8) is 0 Å². The molecule has 0 bridgehead atoms. The molecule has 0 radical (unpaired) electrons. The highest BCUT2D eigenvalue weighted by atomic mass is 127. The molecule has 0 amide bonds. The molecule has 0 aromatic heterocycles. The maximum atomic E-state index is 3.77. The van der Waals surface area contributed by atoms with E-state index >= 15 is 0 Å². The smallest absolute Gasteiger partial charge is 0.0359 e. The summed E-state index contributed by atoms with van der Waals surface area (Å²) in [6.45, 7) is 10.3. The normalized spacial score (nSPS) is 28.4. The number of rotatable bonds is 4. The first-order chi connectivity index (χ1) is 9.52. The van der Waals surface area contributed by atoms with Gasteiger partial charge in [0.1, 0.15) is 0 Å². The summed E-state index contributed by atoms with van der Waals surface area (Å²) in [5, 5.41) is 3.77. The fourth-order valence-electron chi connectivity index (χ4n) is 3.94. The lowest BCUT2D eigenvalue weighted by Gasteiger charge is -2.37. The molecule has 0 spiro atoms. The van der Waals surface area contributed by atoms with Crippen molar-refractivity contribution in [3.05, 3.63) is 32.9 Å². The first-order valence-corrected chi connectivity index (χ1v) is 9.09. The van der Waals surface area contributed by atoms with Gasteiger partial charge < -0.3 is 5.32 Å². The van der Waals surface area contributed by atoms with Crippen molar-refractivity contribution in [1.82, 2.24) is 5.32 Å². The molecule has 20 heavy (non-hydrogen) atoms. The molecule has 3 unspecified atom stereocenters. The van der Waals surface area contributed by atoms with Crippen LogP contribution in [0.15, 0.2) is 18.2 Å². The molecular formula is C18H28IN. The van der Waals surface area contributed by atoms with Crippen molar-refractivity contribution >= 4 is 22.6 Å². The van der Waals surface area contributed by atoms with Crippen LogP contribution in [0.4, 0.5) is 0 Å². The van der Waals surface area contributed by atoms with Gasteiger partial charge >= 0.3 is 0 Å². The Morgan fingerprint density at radius 2 is 1.85 bits per heavy atom. The molecule has 1 fully saturated rings. The Bertz CT molecular complexity index is 433. The van der Waals surface area contributed by atoms with E-state index in [0.717, 1.165) is 24.3 Å². The van der Waals surface area contributed by atoms with Crippen molar-refractivity contribution < 1.29 is 0 Å². The van der Waals surface area contributed by atoms with Crippen LogP contribution in [0.5, 0.6) is 0 Å². The fourth-order valence-corrected chi connectivity index (χ4v) is 4.64. The molecule has 1 nitrogen and oxygen atoms in total. The van der Waals surface area contributed by atoms with E-state index in [-0.39, 0.29) is 0 Å². The zero-order chi connectivity index (χ0) is 14.7. The largest absolute Gasteiger partial charge is 0.310 e. The Morgan fingerprint density at radius 3 is 2.45 bits per heavy atom. The van der Waals surface area contributed by atoms with Crippen LogP contribution in [0, 0.1) is 28.2 Å². The van der Waals surface area contributed by atoms with Gasteiger partial charge in [-0.15, -0.1) is 0 Å². The van der Waals surface area contributed by atoms with E-state index in [9.17, 15) is 0 Å². The number of benzene rings is 1. The molecule has 2 heteroatoms. The summed E-state index contributed by atoms with van der Waals surface area (Å²) in [4.78, 5) is 0. The third kappa shape index (κ3) is 3.76. The van der Waals surface area contributed by atoms with Crippen molar-refractivity contribution in [3.8, 4) is 0 Å². The summed E-state index contributed by atoms with van der Waals surface area (Å²) in [7, 11) is 0. The van der Waals surface area contributed by atoms with E-state index in [0.29, 0.717) is 6.04 Å². The van der Waals surface area contributed by atoms with Gasteiger partial charge in [0.15, 0.2) is 0 Å². The predicted molar refractivity (Wildman–Crippen MR) is 96.0 cm³/mol. The Morgan fingerprint density at radius 1 is 1.20 bits per heavy atom. The van der Waals surface area contributed by atoms with Gasteiger partial charge in [0.05, 0.1) is 0 Å². The quantitative estimate of drug-likeness (QED) is 0.692. The minimum absolute atomic E-state index is 0.525. The zero-order valence-corrected chi connectivity index (χ0v) is 15.4. The fraction of sp³-hybridized carbons (Fsp3) is 0.667. The van der Waals surface area contributed by atoms with Gasteiger partial charge in [0.2, 0.25) is 0 Å². The number of aryl methyl sites for hydroxylation is 1. The standard InChI is InChI=1S/C18H28IN/c1-5-20-18(15-10-12(2)9-13(3)11-15)16-8-6-7-14(4)17(16)19/h6-8,12-13,15,18,20H,5,9-11H2,1-4H3. The summed E-state index contributed by atoms with van der Waals surface area (Å²) >= 11 is 2.53. The highest BCUT2D eigenvalue weighted by Gasteiger charge is 2.31. The Hall–Kier alpha value is -0.0900. The molecule has 1 N–H and O–H groups in total. The van der Waals surface area contributed by atoms with Gasteiger partial charge in [-0.1, -0.05) is 39.0 Å². The summed E-state index contributed by atoms with van der Waals surface area (Å²) in [6.07, 6.45) is 4.14. The Kier molecular flexibility index (Phi) is 5.91. The zero-order valence-electron chi connectivity index (χ0n) is 13.2. The van der Waals surface area contributed by atoms with Gasteiger partial charge in [-0.3, -0.25) is 0 Å². The Balaban J connectivity index is 2.28. The molecule has 1 saturated carbocycles. The molecule has 1 aromatic rings. The van der Waals surface area contributed by atoms with Crippen LogP contribution in [-0.4, -0.2) is 6.54 Å². The minimum Gasteiger partial charge on any atom is -0.310 e. The first kappa shape index (κ1) is 16.3. The third-order valence-corrected chi connectivity index (χ3v) is 6.14.